The van der Waals surface area contributed by atoms with Crippen molar-refractivity contribution in [3.63, 3.8) is 0 Å². The molecule has 0 aromatic carbocycles. The second-order valence-electron chi connectivity index (χ2n) is 5.48. The Morgan fingerprint density at radius 1 is 1.59 bits per heavy atom. The fourth-order valence-electron chi connectivity index (χ4n) is 2.01. The van der Waals surface area contributed by atoms with Gasteiger partial charge in [0.25, 0.3) is 0 Å². The molecule has 2 rings (SSSR count). The number of amides is 1. The van der Waals surface area contributed by atoms with Gasteiger partial charge in [-0.25, -0.2) is 4.98 Å². The van der Waals surface area contributed by atoms with Gasteiger partial charge in [-0.3, -0.25) is 4.79 Å². The summed E-state index contributed by atoms with van der Waals surface area (Å²) < 4.78 is 5.26. The quantitative estimate of drug-likeness (QED) is 0.839. The van der Waals surface area contributed by atoms with E-state index in [0.717, 1.165) is 0 Å². The van der Waals surface area contributed by atoms with E-state index < -0.39 is 0 Å². The van der Waals surface area contributed by atoms with Gasteiger partial charge in [0, 0.05) is 18.5 Å². The van der Waals surface area contributed by atoms with Crippen LogP contribution in [0.1, 0.15) is 38.1 Å². The number of oxazole rings is 1. The van der Waals surface area contributed by atoms with Gasteiger partial charge in [-0.15, -0.1) is 0 Å². The molecule has 94 valence electrons. The zero-order valence-corrected chi connectivity index (χ0v) is 10.4. The monoisotopic (exact) mass is 238 g/mol. The van der Waals surface area contributed by atoms with Gasteiger partial charge >= 0.3 is 0 Å². The van der Waals surface area contributed by atoms with Crippen LogP contribution in [0.3, 0.4) is 0 Å². The molecule has 0 spiro atoms. The van der Waals surface area contributed by atoms with Crippen molar-refractivity contribution in [2.24, 2.45) is 5.41 Å². The zero-order valence-electron chi connectivity index (χ0n) is 10.4. The van der Waals surface area contributed by atoms with Gasteiger partial charge in [0.1, 0.15) is 11.5 Å². The fourth-order valence-corrected chi connectivity index (χ4v) is 2.01. The van der Waals surface area contributed by atoms with Gasteiger partial charge < -0.3 is 14.4 Å². The summed E-state index contributed by atoms with van der Waals surface area (Å²) in [5.41, 5.74) is 0.240. The van der Waals surface area contributed by atoms with Crippen molar-refractivity contribution in [3.8, 4) is 0 Å². The Morgan fingerprint density at radius 3 is 2.76 bits per heavy atom. The smallest absolute Gasteiger partial charge is 0.227 e. The minimum atomic E-state index is -0.341. The highest BCUT2D eigenvalue weighted by molar-refractivity contribution is 5.82. The summed E-state index contributed by atoms with van der Waals surface area (Å²) in [7, 11) is 0. The van der Waals surface area contributed by atoms with Gasteiger partial charge in [0.05, 0.1) is 12.5 Å². The number of rotatable bonds is 2. The van der Waals surface area contributed by atoms with Crippen LogP contribution in [0.15, 0.2) is 10.8 Å². The van der Waals surface area contributed by atoms with Crippen LogP contribution in [-0.2, 0) is 11.4 Å². The van der Waals surface area contributed by atoms with Crippen LogP contribution in [0.5, 0.6) is 0 Å². The van der Waals surface area contributed by atoms with Crippen LogP contribution < -0.4 is 0 Å². The minimum Gasteiger partial charge on any atom is -0.448 e. The van der Waals surface area contributed by atoms with Gasteiger partial charge in [-0.2, -0.15) is 0 Å². The van der Waals surface area contributed by atoms with Gasteiger partial charge in [-0.1, -0.05) is 20.8 Å². The van der Waals surface area contributed by atoms with Crippen molar-refractivity contribution in [2.75, 3.05) is 13.1 Å². The standard InChI is InChI=1S/C12H18N2O3/c1-12(2,3)11(16)14-4-8(5-14)10-9(6-15)13-7-17-10/h7-8,15H,4-6H2,1-3H3. The summed E-state index contributed by atoms with van der Waals surface area (Å²) >= 11 is 0. The molecule has 0 aliphatic carbocycles. The van der Waals surface area contributed by atoms with Gasteiger partial charge in [0.15, 0.2) is 6.39 Å². The summed E-state index contributed by atoms with van der Waals surface area (Å²) in [5.74, 6) is 1.04. The number of nitrogens with zero attached hydrogens (tertiary/aromatic N) is 2. The first kappa shape index (κ1) is 12.1. The number of aliphatic hydroxyl groups is 1. The predicted octanol–water partition coefficient (Wildman–Crippen LogP) is 1.14. The molecule has 5 nitrogen and oxygen atoms in total. The maximum atomic E-state index is 11.9. The SMILES string of the molecule is CC(C)(C)C(=O)N1CC(c2ocnc2CO)C1. The van der Waals surface area contributed by atoms with Crippen molar-refractivity contribution >= 4 is 5.91 Å². The van der Waals surface area contributed by atoms with Crippen molar-refractivity contribution in [1.82, 2.24) is 9.88 Å². The maximum Gasteiger partial charge on any atom is 0.227 e. The second kappa shape index (κ2) is 4.14. The first-order valence-corrected chi connectivity index (χ1v) is 5.76. The fraction of sp³-hybridized carbons (Fsp3) is 0.667. The lowest BCUT2D eigenvalue weighted by Crippen LogP contribution is -2.52. The molecule has 17 heavy (non-hydrogen) atoms. The molecule has 1 aliphatic rings. The van der Waals surface area contributed by atoms with Crippen molar-refractivity contribution in [2.45, 2.75) is 33.3 Å². The molecule has 0 saturated carbocycles. The molecule has 1 saturated heterocycles. The minimum absolute atomic E-state index is 0.116. The summed E-state index contributed by atoms with van der Waals surface area (Å²) in [4.78, 5) is 17.7. The van der Waals surface area contributed by atoms with Crippen LogP contribution in [0.2, 0.25) is 0 Å². The van der Waals surface area contributed by atoms with E-state index in [1.165, 1.54) is 6.39 Å². The molecule has 0 bridgehead atoms. The Morgan fingerprint density at radius 2 is 2.24 bits per heavy atom. The van der Waals surface area contributed by atoms with Crippen molar-refractivity contribution < 1.29 is 14.3 Å². The largest absolute Gasteiger partial charge is 0.448 e. The third kappa shape index (κ3) is 2.20. The lowest BCUT2D eigenvalue weighted by Gasteiger charge is -2.41. The molecule has 1 aromatic heterocycles. The van der Waals surface area contributed by atoms with Crippen molar-refractivity contribution in [3.05, 3.63) is 17.8 Å². The molecular weight excluding hydrogens is 220 g/mol. The Labute approximate surface area is 100 Å². The Hall–Kier alpha value is -1.36. The molecule has 0 atom stereocenters. The average molecular weight is 238 g/mol. The first-order valence-electron chi connectivity index (χ1n) is 5.76. The number of aliphatic hydroxyl groups excluding tert-OH is 1. The highest BCUT2D eigenvalue weighted by Gasteiger charge is 2.39. The van der Waals surface area contributed by atoms with Gasteiger partial charge in [0.2, 0.25) is 5.91 Å². The molecule has 1 N–H and O–H groups in total. The number of likely N-dealkylation sites (tertiary alicyclic amines) is 1. The molecule has 5 heteroatoms. The zero-order chi connectivity index (χ0) is 12.6. The van der Waals surface area contributed by atoms with E-state index in [1.807, 2.05) is 25.7 Å². The summed E-state index contributed by atoms with van der Waals surface area (Å²) in [5, 5.41) is 9.08. The lowest BCUT2D eigenvalue weighted by molar-refractivity contribution is -0.144. The molecule has 1 aromatic rings. The predicted molar refractivity (Wildman–Crippen MR) is 61.2 cm³/mol. The normalized spacial score (nSPS) is 17.1. The van der Waals surface area contributed by atoms with E-state index >= 15 is 0 Å². The van der Waals surface area contributed by atoms with E-state index in [4.69, 9.17) is 9.52 Å². The van der Waals surface area contributed by atoms with Crippen LogP contribution in [0.25, 0.3) is 0 Å². The van der Waals surface area contributed by atoms with Crippen LogP contribution >= 0.6 is 0 Å². The van der Waals surface area contributed by atoms with Crippen LogP contribution in [0.4, 0.5) is 0 Å². The number of aromatic nitrogens is 1. The second-order valence-corrected chi connectivity index (χ2v) is 5.48. The molecule has 0 unspecified atom stereocenters. The van der Waals surface area contributed by atoms with E-state index in [9.17, 15) is 4.79 Å². The molecule has 1 amide bonds. The first-order chi connectivity index (χ1) is 7.93. The third-order valence-electron chi connectivity index (χ3n) is 3.00. The molecule has 2 heterocycles. The van der Waals surface area contributed by atoms with E-state index in [2.05, 4.69) is 4.98 Å². The highest BCUT2D eigenvalue weighted by Crippen LogP contribution is 2.32. The average Bonchev–Trinajstić information content (AvgIpc) is 2.62. The molecular formula is C12H18N2O3. The van der Waals surface area contributed by atoms with E-state index in [-0.39, 0.29) is 23.8 Å². The summed E-state index contributed by atoms with van der Waals surface area (Å²) in [6.07, 6.45) is 1.34. The number of carbonyl (C=O) groups excluding carboxylic acids is 1. The Kier molecular flexibility index (Phi) is 2.95. The molecule has 0 radical (unpaired) electrons. The van der Waals surface area contributed by atoms with E-state index in [1.54, 1.807) is 0 Å². The van der Waals surface area contributed by atoms with Crippen LogP contribution in [-0.4, -0.2) is 34.0 Å². The summed E-state index contributed by atoms with van der Waals surface area (Å²) in [6, 6.07) is 0. The highest BCUT2D eigenvalue weighted by atomic mass is 16.3. The Balaban J connectivity index is 1.98. The maximum absolute atomic E-state index is 11.9. The molecule has 1 aliphatic heterocycles. The number of carbonyl (C=O) groups is 1. The number of hydrogen-bond donors (Lipinski definition) is 1. The van der Waals surface area contributed by atoms with Crippen molar-refractivity contribution in [1.29, 1.82) is 0 Å². The summed E-state index contributed by atoms with van der Waals surface area (Å²) in [6.45, 7) is 6.93. The Bertz CT molecular complexity index is 414. The lowest BCUT2D eigenvalue weighted by atomic mass is 9.89. The van der Waals surface area contributed by atoms with Crippen LogP contribution in [0, 0.1) is 5.41 Å². The number of hydrogen-bond acceptors (Lipinski definition) is 4. The van der Waals surface area contributed by atoms with Gasteiger partial charge in [-0.05, 0) is 0 Å². The third-order valence-corrected chi connectivity index (χ3v) is 3.00. The topological polar surface area (TPSA) is 66.6 Å². The van der Waals surface area contributed by atoms with E-state index in [0.29, 0.717) is 24.5 Å². The molecule has 1 fully saturated rings.